The maximum Gasteiger partial charge on any atom is 0.433 e. The summed E-state index contributed by atoms with van der Waals surface area (Å²) >= 11 is 0. The van der Waals surface area contributed by atoms with Crippen LogP contribution in [0.2, 0.25) is 0 Å². The van der Waals surface area contributed by atoms with E-state index in [0.717, 1.165) is 11.6 Å². The van der Waals surface area contributed by atoms with Crippen LogP contribution in [0.1, 0.15) is 38.6 Å². The van der Waals surface area contributed by atoms with Crippen molar-refractivity contribution in [1.29, 1.82) is 15.9 Å². The normalized spacial score (nSPS) is 10.4. The number of halogens is 3. The van der Waals surface area contributed by atoms with Crippen LogP contribution in [0, 0.1) is 47.0 Å². The van der Waals surface area contributed by atoms with Crippen molar-refractivity contribution in [3.05, 3.63) is 89.0 Å². The molecule has 41 heavy (non-hydrogen) atoms. The molecule has 3 aromatic heterocycles. The lowest BCUT2D eigenvalue weighted by atomic mass is 10.0. The van der Waals surface area contributed by atoms with Crippen LogP contribution in [0.4, 0.5) is 24.8 Å². The van der Waals surface area contributed by atoms with Crippen molar-refractivity contribution >= 4 is 23.5 Å². The second-order valence-corrected chi connectivity index (χ2v) is 8.13. The van der Waals surface area contributed by atoms with Crippen molar-refractivity contribution in [3.63, 3.8) is 0 Å². The van der Waals surface area contributed by atoms with E-state index in [1.54, 1.807) is 25.3 Å². The average Bonchev–Trinajstić information content (AvgIpc) is 3.42. The molecular weight excluding hydrogens is 539 g/mol. The molecule has 0 aliphatic heterocycles. The lowest BCUT2D eigenvalue weighted by molar-refractivity contribution is -0.141. The summed E-state index contributed by atoms with van der Waals surface area (Å²) in [4.78, 5) is 28.5. The minimum atomic E-state index is -4.80. The molecule has 3 heterocycles. The van der Waals surface area contributed by atoms with Crippen LogP contribution < -0.4 is 16.0 Å². The number of aromatic nitrogens is 5. The van der Waals surface area contributed by atoms with Crippen LogP contribution in [-0.2, 0) is 6.18 Å². The van der Waals surface area contributed by atoms with E-state index in [1.165, 1.54) is 47.7 Å². The molecule has 4 aromatic rings. The van der Waals surface area contributed by atoms with Gasteiger partial charge in [0.05, 0.1) is 18.1 Å². The summed E-state index contributed by atoms with van der Waals surface area (Å²) in [7, 11) is 0. The van der Waals surface area contributed by atoms with Crippen molar-refractivity contribution in [3.8, 4) is 29.8 Å². The van der Waals surface area contributed by atoms with Gasteiger partial charge >= 0.3 is 6.18 Å². The van der Waals surface area contributed by atoms with E-state index < -0.39 is 17.8 Å². The van der Waals surface area contributed by atoms with Gasteiger partial charge in [0.2, 0.25) is 5.96 Å². The molecule has 0 fully saturated rings. The molecule has 0 atom stereocenters. The molecule has 202 valence electrons. The lowest BCUT2D eigenvalue weighted by Crippen LogP contribution is -2.25. The number of guanidine groups is 1. The molecule has 0 aliphatic rings. The molecule has 4 N–H and O–H groups in total. The van der Waals surface area contributed by atoms with Crippen LogP contribution in [0.3, 0.4) is 0 Å². The highest BCUT2D eigenvalue weighted by molar-refractivity contribution is 6.04. The summed E-state index contributed by atoms with van der Waals surface area (Å²) in [6, 6.07) is 8.38. The van der Waals surface area contributed by atoms with Gasteiger partial charge < -0.3 is 15.2 Å². The molecule has 12 nitrogen and oxygen atoms in total. The molecule has 1 amide bonds. The number of hydrogen-bond donors (Lipinski definition) is 4. The third-order valence-electron chi connectivity index (χ3n) is 5.25. The molecule has 1 aromatic carbocycles. The second-order valence-electron chi connectivity index (χ2n) is 8.13. The zero-order valence-corrected chi connectivity index (χ0v) is 20.9. The Kier molecular flexibility index (Phi) is 7.88. The third kappa shape index (κ3) is 6.98. The number of nitrogens with one attached hydrogen (secondary N) is 4. The molecular formula is C26H16F3N11O. The molecule has 0 unspecified atom stereocenters. The van der Waals surface area contributed by atoms with Crippen LogP contribution in [0.15, 0.2) is 55.2 Å². The van der Waals surface area contributed by atoms with Gasteiger partial charge in [-0.3, -0.25) is 15.5 Å². The second kappa shape index (κ2) is 11.6. The monoisotopic (exact) mass is 555 g/mol. The molecule has 4 rings (SSSR count). The van der Waals surface area contributed by atoms with Crippen molar-refractivity contribution in [2.45, 2.75) is 13.1 Å². The van der Waals surface area contributed by atoms with Crippen LogP contribution in [0.5, 0.6) is 0 Å². The van der Waals surface area contributed by atoms with E-state index in [0.29, 0.717) is 5.56 Å². The number of carbonyl (C=O) groups excluding carboxylic acids is 1. The largest absolute Gasteiger partial charge is 0.433 e. The summed E-state index contributed by atoms with van der Waals surface area (Å²) in [5.41, 5.74) is 0.335. The summed E-state index contributed by atoms with van der Waals surface area (Å²) < 4.78 is 41.8. The third-order valence-corrected chi connectivity index (χ3v) is 5.25. The Bertz CT molecular complexity index is 1790. The highest BCUT2D eigenvalue weighted by Crippen LogP contribution is 2.30. The zero-order valence-electron chi connectivity index (χ0n) is 20.9. The minimum Gasteiger partial charge on any atom is -0.309 e. The maximum atomic E-state index is 13.5. The number of benzene rings is 1. The number of carbonyl (C=O) groups is 1. The molecule has 0 aliphatic carbocycles. The number of imidazole rings is 1. The van der Waals surface area contributed by atoms with Crippen LogP contribution >= 0.6 is 0 Å². The highest BCUT2D eigenvalue weighted by atomic mass is 19.4. The van der Waals surface area contributed by atoms with E-state index in [-0.39, 0.29) is 40.2 Å². The van der Waals surface area contributed by atoms with E-state index in [1.807, 2.05) is 0 Å². The first kappa shape index (κ1) is 27.8. The van der Waals surface area contributed by atoms with Gasteiger partial charge in [-0.15, -0.1) is 0 Å². The van der Waals surface area contributed by atoms with E-state index in [4.69, 9.17) is 15.9 Å². The predicted octanol–water partition coefficient (Wildman–Crippen LogP) is 3.33. The number of hydrogen-bond acceptors (Lipinski definition) is 8. The van der Waals surface area contributed by atoms with Crippen molar-refractivity contribution < 1.29 is 18.0 Å². The topological polar surface area (TPSA) is 181 Å². The quantitative estimate of drug-likeness (QED) is 0.0965. The number of rotatable bonds is 4. The van der Waals surface area contributed by atoms with Crippen LogP contribution in [0.25, 0.3) is 5.69 Å². The molecule has 0 radical (unpaired) electrons. The molecule has 15 heteroatoms. The standard InChI is InChI=1S/C26H16F3N11O/c1-15-2-3-17(6-16(15)4-5-18-10-34-23(11-33-18)39-25(32)35-13-31)24(41)38-22-8-20(7-21(37-22)26(27,28)29)40-12-19(9-30)36-14-40/h2-3,6-8,10-12,14H,1H3,(H,37,38,41)(H3,32,34,35,39). The van der Waals surface area contributed by atoms with Gasteiger partial charge in [-0.1, -0.05) is 12.0 Å². The molecule has 0 spiro atoms. The summed E-state index contributed by atoms with van der Waals surface area (Å²) in [5, 5.41) is 32.0. The van der Waals surface area contributed by atoms with Gasteiger partial charge in [0, 0.05) is 23.4 Å². The summed E-state index contributed by atoms with van der Waals surface area (Å²) in [6.45, 7) is 1.76. The van der Waals surface area contributed by atoms with Gasteiger partial charge in [-0.2, -0.15) is 23.7 Å². The minimum absolute atomic E-state index is 0.00115. The Hall–Kier alpha value is -6.27. The number of nitriles is 2. The van der Waals surface area contributed by atoms with Crippen LogP contribution in [-0.4, -0.2) is 36.4 Å². The number of pyridine rings is 1. The SMILES string of the molecule is Cc1ccc(C(=O)Nc2cc(-n3cnc(C#N)c3)cc(C(F)(F)F)n2)cc1C#Cc1cnc(NC(=N)NC#N)cn1. The Balaban J connectivity index is 1.56. The maximum absolute atomic E-state index is 13.5. The predicted molar refractivity (Wildman–Crippen MR) is 138 cm³/mol. The Labute approximate surface area is 230 Å². The average molecular weight is 555 g/mol. The van der Waals surface area contributed by atoms with E-state index in [9.17, 15) is 18.0 Å². The molecule has 0 saturated heterocycles. The van der Waals surface area contributed by atoms with E-state index in [2.05, 4.69) is 47.7 Å². The van der Waals surface area contributed by atoms with Gasteiger partial charge in [0.25, 0.3) is 5.91 Å². The van der Waals surface area contributed by atoms with Gasteiger partial charge in [0.15, 0.2) is 17.7 Å². The van der Waals surface area contributed by atoms with Gasteiger partial charge in [-0.05, 0) is 36.6 Å². The number of amides is 1. The number of aryl methyl sites for hydroxylation is 1. The zero-order chi connectivity index (χ0) is 29.6. The first-order chi connectivity index (χ1) is 19.5. The van der Waals surface area contributed by atoms with Crippen molar-refractivity contribution in [2.75, 3.05) is 10.6 Å². The highest BCUT2D eigenvalue weighted by Gasteiger charge is 2.33. The van der Waals surface area contributed by atoms with Crippen molar-refractivity contribution in [2.24, 2.45) is 0 Å². The molecule has 0 bridgehead atoms. The number of alkyl halides is 3. The van der Waals surface area contributed by atoms with Gasteiger partial charge in [0.1, 0.15) is 29.6 Å². The number of nitrogens with zero attached hydrogens (tertiary/aromatic N) is 7. The number of anilines is 2. The Morgan fingerprint density at radius 3 is 2.46 bits per heavy atom. The fourth-order valence-electron chi connectivity index (χ4n) is 3.29. The fraction of sp³-hybridized carbons (Fsp3) is 0.0769. The Morgan fingerprint density at radius 2 is 1.80 bits per heavy atom. The summed E-state index contributed by atoms with van der Waals surface area (Å²) in [5.74, 6) is 4.54. The lowest BCUT2D eigenvalue weighted by Gasteiger charge is -2.13. The molecule has 0 saturated carbocycles. The first-order valence-corrected chi connectivity index (χ1v) is 11.4. The van der Waals surface area contributed by atoms with Gasteiger partial charge in [-0.25, -0.2) is 19.9 Å². The fourth-order valence-corrected chi connectivity index (χ4v) is 3.29. The van der Waals surface area contributed by atoms with E-state index >= 15 is 0 Å². The first-order valence-electron chi connectivity index (χ1n) is 11.4. The smallest absolute Gasteiger partial charge is 0.309 e. The van der Waals surface area contributed by atoms with Crippen molar-refractivity contribution in [1.82, 2.24) is 29.8 Å². The summed E-state index contributed by atoms with van der Waals surface area (Å²) in [6.07, 6.45) is 1.88. The Morgan fingerprint density at radius 1 is 1.00 bits per heavy atom.